The van der Waals surface area contributed by atoms with Crippen LogP contribution in [0.15, 0.2) is 90.0 Å². The van der Waals surface area contributed by atoms with Gasteiger partial charge in [-0.15, -0.1) is 0 Å². The number of carbonyl (C=O) groups excluding carboxylic acids is 1. The number of hydrogen-bond acceptors (Lipinski definition) is 8. The van der Waals surface area contributed by atoms with Gasteiger partial charge < -0.3 is 25.2 Å². The molecule has 0 aliphatic heterocycles. The average molecular weight is 731 g/mol. The molecule has 5 aromatic rings. The second-order valence-electron chi connectivity index (χ2n) is 12.8. The highest BCUT2D eigenvalue weighted by Crippen LogP contribution is 2.40. The molecule has 266 valence electrons. The number of benzene rings is 4. The van der Waals surface area contributed by atoms with Gasteiger partial charge in [0.1, 0.15) is 11.5 Å². The van der Waals surface area contributed by atoms with Crippen LogP contribution in [0, 0.1) is 0 Å². The molecular weight excluding hydrogens is 693 g/mol. The molecule has 4 aromatic carbocycles. The molecule has 2 amide bonds. The third-order valence-electron chi connectivity index (χ3n) is 7.82. The molecule has 4 N–H and O–H groups in total. The number of nitrogens with one attached hydrogen (secondary N) is 3. The largest absolute Gasteiger partial charge is 0.492 e. The van der Waals surface area contributed by atoms with Crippen molar-refractivity contribution in [3.63, 3.8) is 0 Å². The maximum Gasteiger partial charge on any atom is 0.336 e. The minimum atomic E-state index is -3.64. The van der Waals surface area contributed by atoms with E-state index in [0.717, 1.165) is 22.8 Å². The minimum Gasteiger partial charge on any atom is -0.492 e. The number of carboxylic acid groups (broad SMARTS) is 1. The zero-order valence-corrected chi connectivity index (χ0v) is 30.5. The van der Waals surface area contributed by atoms with Crippen molar-refractivity contribution in [2.45, 2.75) is 37.5 Å². The van der Waals surface area contributed by atoms with Crippen molar-refractivity contribution in [2.75, 3.05) is 35.0 Å². The number of nitrogens with zero attached hydrogens (tertiary/aromatic N) is 1. The third-order valence-corrected chi connectivity index (χ3v) is 9.37. The van der Waals surface area contributed by atoms with Crippen LogP contribution in [0.25, 0.3) is 10.8 Å². The van der Waals surface area contributed by atoms with Gasteiger partial charge in [-0.2, -0.15) is 0 Å². The molecule has 0 aliphatic rings. The monoisotopic (exact) mass is 730 g/mol. The molecule has 14 heteroatoms. The first-order chi connectivity index (χ1) is 24.0. The molecule has 1 aromatic heterocycles. The summed E-state index contributed by atoms with van der Waals surface area (Å²) >= 11 is 0. The molecule has 0 spiro atoms. The number of amides is 2. The number of pyridine rings is 1. The van der Waals surface area contributed by atoms with E-state index < -0.39 is 32.8 Å². The Labute approximate surface area is 298 Å². The SMILES string of the molecule is COc1c(NC(=O)Nc2ccc(Oc3ccnc(Cc4ccc(C(=O)O)c(S(C)=O)c4)c3)c3ccccc23)cc(C(C)(C)C)cc1NS(C)(=O)=O. The second-order valence-corrected chi connectivity index (χ2v) is 15.9. The van der Waals surface area contributed by atoms with Gasteiger partial charge in [0.25, 0.3) is 0 Å². The van der Waals surface area contributed by atoms with Crippen molar-refractivity contribution in [3.05, 3.63) is 107 Å². The van der Waals surface area contributed by atoms with E-state index in [9.17, 15) is 27.3 Å². The zero-order chi connectivity index (χ0) is 37.1. The van der Waals surface area contributed by atoms with Gasteiger partial charge in [0.05, 0.1) is 51.7 Å². The van der Waals surface area contributed by atoms with E-state index in [1.54, 1.807) is 54.7 Å². The van der Waals surface area contributed by atoms with Crippen molar-refractivity contribution >= 4 is 60.7 Å². The van der Waals surface area contributed by atoms with E-state index in [-0.39, 0.29) is 33.0 Å². The molecule has 0 bridgehead atoms. The number of carbonyl (C=O) groups is 2. The van der Waals surface area contributed by atoms with E-state index in [4.69, 9.17) is 9.47 Å². The fraction of sp³-hybridized carbons (Fsp3) is 0.216. The Morgan fingerprint density at radius 1 is 0.902 bits per heavy atom. The highest BCUT2D eigenvalue weighted by Gasteiger charge is 2.23. The summed E-state index contributed by atoms with van der Waals surface area (Å²) in [6, 6.07) is 21.9. The van der Waals surface area contributed by atoms with Crippen LogP contribution in [0.2, 0.25) is 0 Å². The van der Waals surface area contributed by atoms with Gasteiger partial charge in [0, 0.05) is 41.4 Å². The fourth-order valence-electron chi connectivity index (χ4n) is 5.44. The molecular formula is C37H38N4O8S2. The summed E-state index contributed by atoms with van der Waals surface area (Å²) in [4.78, 5) is 29.7. The number of urea groups is 1. The van der Waals surface area contributed by atoms with E-state index >= 15 is 0 Å². The lowest BCUT2D eigenvalue weighted by atomic mass is 9.86. The second kappa shape index (κ2) is 14.8. The Morgan fingerprint density at radius 3 is 2.24 bits per heavy atom. The zero-order valence-electron chi connectivity index (χ0n) is 28.9. The van der Waals surface area contributed by atoms with Crippen molar-refractivity contribution in [1.29, 1.82) is 0 Å². The van der Waals surface area contributed by atoms with Gasteiger partial charge in [-0.25, -0.2) is 18.0 Å². The van der Waals surface area contributed by atoms with Crippen molar-refractivity contribution in [2.24, 2.45) is 0 Å². The number of aromatic carboxylic acids is 1. The van der Waals surface area contributed by atoms with Crippen LogP contribution < -0.4 is 24.8 Å². The van der Waals surface area contributed by atoms with E-state index in [1.165, 1.54) is 19.4 Å². The highest BCUT2D eigenvalue weighted by atomic mass is 32.2. The van der Waals surface area contributed by atoms with Gasteiger partial charge in [-0.3, -0.25) is 13.9 Å². The van der Waals surface area contributed by atoms with Crippen molar-refractivity contribution in [3.8, 4) is 17.2 Å². The summed E-state index contributed by atoms with van der Waals surface area (Å²) in [6.45, 7) is 5.91. The number of aromatic nitrogens is 1. The number of carboxylic acids is 1. The Morgan fingerprint density at radius 2 is 1.59 bits per heavy atom. The summed E-state index contributed by atoms with van der Waals surface area (Å²) in [5, 5.41) is 16.6. The van der Waals surface area contributed by atoms with Gasteiger partial charge >= 0.3 is 12.0 Å². The Balaban J connectivity index is 1.39. The molecule has 1 unspecified atom stereocenters. The Hall–Kier alpha value is -5.47. The third kappa shape index (κ3) is 9.01. The number of sulfonamides is 1. The summed E-state index contributed by atoms with van der Waals surface area (Å²) < 4.78 is 50.7. The molecule has 51 heavy (non-hydrogen) atoms. The molecule has 0 fully saturated rings. The first-order valence-corrected chi connectivity index (χ1v) is 19.1. The lowest BCUT2D eigenvalue weighted by Gasteiger charge is -2.24. The highest BCUT2D eigenvalue weighted by molar-refractivity contribution is 7.92. The quantitative estimate of drug-likeness (QED) is 0.108. The van der Waals surface area contributed by atoms with E-state index in [1.807, 2.05) is 45.0 Å². The van der Waals surface area contributed by atoms with Crippen LogP contribution in [0.4, 0.5) is 21.9 Å². The van der Waals surface area contributed by atoms with Crippen molar-refractivity contribution < 1.29 is 36.8 Å². The average Bonchev–Trinajstić information content (AvgIpc) is 3.04. The number of methoxy groups -OCH3 is 1. The molecule has 0 saturated heterocycles. The maximum absolute atomic E-state index is 13.4. The summed E-state index contributed by atoms with van der Waals surface area (Å²) in [7, 11) is -3.74. The molecule has 1 heterocycles. The Bertz CT molecular complexity index is 2290. The van der Waals surface area contributed by atoms with Gasteiger partial charge in [-0.05, 0) is 59.0 Å². The van der Waals surface area contributed by atoms with Crippen LogP contribution in [-0.4, -0.2) is 54.3 Å². The summed E-state index contributed by atoms with van der Waals surface area (Å²) in [5.41, 5.74) is 2.79. The smallest absolute Gasteiger partial charge is 0.336 e. The standard InChI is InChI=1S/C37H38N4O8S2/c1-37(2,3)23-19-30(34(48-4)31(20-23)41-51(6,46)47)40-36(44)39-29-13-14-32(27-10-8-7-9-26(27)29)49-25-15-16-38-24(21-25)17-22-11-12-28(35(42)43)33(18-22)50(5)45/h7-16,18-21,41H,17H2,1-6H3,(H,42,43)(H2,39,40,44). The first-order valence-electron chi connectivity index (χ1n) is 15.6. The van der Waals surface area contributed by atoms with E-state index in [0.29, 0.717) is 34.7 Å². The van der Waals surface area contributed by atoms with Crippen LogP contribution >= 0.6 is 0 Å². The molecule has 0 aliphatic carbocycles. The first kappa shape index (κ1) is 36.8. The Kier molecular flexibility index (Phi) is 10.7. The van der Waals surface area contributed by atoms with E-state index in [2.05, 4.69) is 20.3 Å². The normalized spacial score (nSPS) is 12.2. The van der Waals surface area contributed by atoms with Crippen LogP contribution in [0.3, 0.4) is 0 Å². The topological polar surface area (TPSA) is 173 Å². The predicted octanol–water partition coefficient (Wildman–Crippen LogP) is 7.38. The number of ether oxygens (including phenoxy) is 2. The van der Waals surface area contributed by atoms with Crippen LogP contribution in [-0.2, 0) is 32.7 Å². The van der Waals surface area contributed by atoms with Crippen molar-refractivity contribution in [1.82, 2.24) is 4.98 Å². The number of fused-ring (bicyclic) bond motifs is 1. The molecule has 12 nitrogen and oxygen atoms in total. The number of anilines is 3. The number of rotatable bonds is 11. The molecule has 5 rings (SSSR count). The lowest BCUT2D eigenvalue weighted by Crippen LogP contribution is -2.22. The molecule has 0 saturated carbocycles. The van der Waals surface area contributed by atoms with Gasteiger partial charge in [0.15, 0.2) is 5.75 Å². The van der Waals surface area contributed by atoms with Gasteiger partial charge in [0.2, 0.25) is 10.0 Å². The summed E-state index contributed by atoms with van der Waals surface area (Å²) in [5.74, 6) is 0.0547. The number of hydrogen-bond donors (Lipinski definition) is 4. The van der Waals surface area contributed by atoms with Crippen LogP contribution in [0.5, 0.6) is 17.2 Å². The van der Waals surface area contributed by atoms with Gasteiger partial charge in [-0.1, -0.05) is 51.1 Å². The maximum atomic E-state index is 13.4. The molecule has 0 radical (unpaired) electrons. The summed E-state index contributed by atoms with van der Waals surface area (Å²) in [6.07, 6.45) is 4.45. The molecule has 1 atom stereocenters. The lowest BCUT2D eigenvalue weighted by molar-refractivity contribution is 0.0692. The fourth-order valence-corrected chi connectivity index (χ4v) is 6.77. The minimum absolute atomic E-state index is 0.00238. The predicted molar refractivity (Wildman–Crippen MR) is 200 cm³/mol. The van der Waals surface area contributed by atoms with Crippen LogP contribution in [0.1, 0.15) is 48.0 Å².